The maximum atomic E-state index is 5.60. The molecule has 2 rings (SSSR count). The molecule has 0 fully saturated rings. The van der Waals surface area contributed by atoms with Crippen LogP contribution in [0.1, 0.15) is 23.5 Å². The molecule has 0 saturated carbocycles. The van der Waals surface area contributed by atoms with Crippen molar-refractivity contribution in [3.8, 4) is 0 Å². The van der Waals surface area contributed by atoms with E-state index in [-0.39, 0.29) is 0 Å². The molecule has 60 valence electrons. The smallest absolute Gasteiger partial charge is 0.180 e. The van der Waals surface area contributed by atoms with Crippen molar-refractivity contribution < 1.29 is 0 Å². The van der Waals surface area contributed by atoms with Crippen LogP contribution in [0.3, 0.4) is 0 Å². The van der Waals surface area contributed by atoms with Crippen LogP contribution in [0, 0.1) is 0 Å². The zero-order valence-corrected chi connectivity index (χ0v) is 7.24. The van der Waals surface area contributed by atoms with Gasteiger partial charge in [-0.3, -0.25) is 0 Å². The molecule has 0 aliphatic carbocycles. The number of fused-ring (bicyclic) bond motifs is 1. The fourth-order valence-corrected chi connectivity index (χ4v) is 2.31. The first-order valence-electron chi connectivity index (χ1n) is 3.76. The third-order valence-corrected chi connectivity index (χ3v) is 3.06. The van der Waals surface area contributed by atoms with Gasteiger partial charge in [0.15, 0.2) is 5.13 Å². The molecule has 0 spiro atoms. The molecule has 4 heteroatoms. The molecule has 0 radical (unpaired) electrons. The summed E-state index contributed by atoms with van der Waals surface area (Å²) in [6.45, 7) is 3.17. The molecule has 0 saturated heterocycles. The van der Waals surface area contributed by atoms with E-state index >= 15 is 0 Å². The molecule has 1 aliphatic heterocycles. The summed E-state index contributed by atoms with van der Waals surface area (Å²) in [7, 11) is 0. The summed E-state index contributed by atoms with van der Waals surface area (Å²) < 4.78 is 0. The van der Waals surface area contributed by atoms with Gasteiger partial charge in [0.1, 0.15) is 0 Å². The molecule has 0 aromatic carbocycles. The van der Waals surface area contributed by atoms with Crippen LogP contribution < -0.4 is 11.1 Å². The van der Waals surface area contributed by atoms with E-state index in [0.29, 0.717) is 11.2 Å². The van der Waals surface area contributed by atoms with Crippen LogP contribution in [0.2, 0.25) is 0 Å². The molecular formula is C7H11N3S. The van der Waals surface area contributed by atoms with Crippen molar-refractivity contribution in [2.75, 3.05) is 12.3 Å². The lowest BCUT2D eigenvalue weighted by Crippen LogP contribution is -2.26. The van der Waals surface area contributed by atoms with Crippen LogP contribution in [0.4, 0.5) is 5.13 Å². The Balaban J connectivity index is 2.43. The van der Waals surface area contributed by atoms with Crippen LogP contribution in [-0.2, 0) is 6.42 Å². The lowest BCUT2D eigenvalue weighted by atomic mass is 10.1. The first-order valence-corrected chi connectivity index (χ1v) is 4.57. The summed E-state index contributed by atoms with van der Waals surface area (Å²) in [5.41, 5.74) is 6.79. The Labute approximate surface area is 69.6 Å². The van der Waals surface area contributed by atoms with E-state index in [1.165, 1.54) is 10.6 Å². The van der Waals surface area contributed by atoms with Crippen LogP contribution in [0.15, 0.2) is 0 Å². The summed E-state index contributed by atoms with van der Waals surface area (Å²) in [6, 6.07) is 0.438. The maximum absolute atomic E-state index is 5.60. The van der Waals surface area contributed by atoms with Gasteiger partial charge in [0.2, 0.25) is 0 Å². The minimum Gasteiger partial charge on any atom is -0.375 e. The van der Waals surface area contributed by atoms with Crippen LogP contribution in [0.25, 0.3) is 0 Å². The predicted molar refractivity (Wildman–Crippen MR) is 46.6 cm³/mol. The molecular weight excluding hydrogens is 158 g/mol. The van der Waals surface area contributed by atoms with Gasteiger partial charge in [-0.05, 0) is 6.92 Å². The van der Waals surface area contributed by atoms with Crippen LogP contribution in [-0.4, -0.2) is 11.5 Å². The minimum atomic E-state index is 0.438. The highest BCUT2D eigenvalue weighted by atomic mass is 32.1. The van der Waals surface area contributed by atoms with Gasteiger partial charge in [-0.25, -0.2) is 4.98 Å². The van der Waals surface area contributed by atoms with Crippen molar-refractivity contribution in [1.29, 1.82) is 0 Å². The van der Waals surface area contributed by atoms with Gasteiger partial charge < -0.3 is 11.1 Å². The summed E-state index contributed by atoms with van der Waals surface area (Å²) >= 11 is 1.60. The lowest BCUT2D eigenvalue weighted by Gasteiger charge is -2.18. The molecule has 1 atom stereocenters. The van der Waals surface area contributed by atoms with Gasteiger partial charge >= 0.3 is 0 Å². The number of hydrogen-bond donors (Lipinski definition) is 2. The number of nitrogens with zero attached hydrogens (tertiary/aromatic N) is 1. The highest BCUT2D eigenvalue weighted by Crippen LogP contribution is 2.29. The Bertz CT molecular complexity index is 269. The van der Waals surface area contributed by atoms with E-state index in [9.17, 15) is 0 Å². The van der Waals surface area contributed by atoms with Crippen LogP contribution in [0.5, 0.6) is 0 Å². The average molecular weight is 169 g/mol. The van der Waals surface area contributed by atoms with Gasteiger partial charge in [0.25, 0.3) is 0 Å². The fourth-order valence-electron chi connectivity index (χ4n) is 1.40. The monoisotopic (exact) mass is 169 g/mol. The summed E-state index contributed by atoms with van der Waals surface area (Å²) in [5.74, 6) is 0. The quantitative estimate of drug-likeness (QED) is 0.607. The molecule has 1 aromatic rings. The van der Waals surface area contributed by atoms with E-state index in [4.69, 9.17) is 5.73 Å². The topological polar surface area (TPSA) is 50.9 Å². The number of aromatic nitrogens is 1. The van der Waals surface area contributed by atoms with E-state index in [1.54, 1.807) is 11.3 Å². The Kier molecular flexibility index (Phi) is 1.58. The fraction of sp³-hybridized carbons (Fsp3) is 0.571. The summed E-state index contributed by atoms with van der Waals surface area (Å²) in [6.07, 6.45) is 1.02. The van der Waals surface area contributed by atoms with Gasteiger partial charge in [-0.2, -0.15) is 0 Å². The Morgan fingerprint density at radius 1 is 1.73 bits per heavy atom. The predicted octanol–water partition coefficient (Wildman–Crippen LogP) is 0.932. The standard InChI is InChI=1S/C7H11N3S/c1-4-6-5(2-3-9-4)10-7(8)11-6/h4,9H,2-3H2,1H3,(H2,8,10). The second-order valence-electron chi connectivity index (χ2n) is 2.79. The van der Waals surface area contributed by atoms with E-state index < -0.39 is 0 Å². The number of thiazole rings is 1. The zero-order valence-electron chi connectivity index (χ0n) is 6.42. The van der Waals surface area contributed by atoms with Gasteiger partial charge in [0, 0.05) is 23.9 Å². The maximum Gasteiger partial charge on any atom is 0.180 e. The Morgan fingerprint density at radius 3 is 3.27 bits per heavy atom. The van der Waals surface area contributed by atoms with Gasteiger partial charge in [-0.15, -0.1) is 11.3 Å². The Morgan fingerprint density at radius 2 is 2.55 bits per heavy atom. The van der Waals surface area contributed by atoms with Crippen molar-refractivity contribution in [1.82, 2.24) is 10.3 Å². The van der Waals surface area contributed by atoms with Crippen LogP contribution >= 0.6 is 11.3 Å². The first kappa shape index (κ1) is 7.06. The number of rotatable bonds is 0. The summed E-state index contributed by atoms with van der Waals surface area (Å²) in [4.78, 5) is 5.57. The van der Waals surface area contributed by atoms with Crippen molar-refractivity contribution in [2.24, 2.45) is 0 Å². The van der Waals surface area contributed by atoms with E-state index in [0.717, 1.165) is 13.0 Å². The zero-order chi connectivity index (χ0) is 7.84. The number of nitrogens with one attached hydrogen (secondary N) is 1. The average Bonchev–Trinajstić information content (AvgIpc) is 2.31. The van der Waals surface area contributed by atoms with Crippen molar-refractivity contribution in [2.45, 2.75) is 19.4 Å². The Hall–Kier alpha value is -0.610. The molecule has 3 nitrogen and oxygen atoms in total. The number of anilines is 1. The van der Waals surface area contributed by atoms with Crippen molar-refractivity contribution >= 4 is 16.5 Å². The second kappa shape index (κ2) is 2.46. The molecule has 1 aliphatic rings. The SMILES string of the molecule is CC1NCCc2nc(N)sc21. The van der Waals surface area contributed by atoms with Gasteiger partial charge in [-0.1, -0.05) is 0 Å². The number of nitrogens with two attached hydrogens (primary N) is 1. The van der Waals surface area contributed by atoms with Crippen molar-refractivity contribution in [3.05, 3.63) is 10.6 Å². The lowest BCUT2D eigenvalue weighted by molar-refractivity contribution is 0.545. The molecule has 0 bridgehead atoms. The third-order valence-electron chi connectivity index (χ3n) is 1.95. The van der Waals surface area contributed by atoms with Gasteiger partial charge in [0.05, 0.1) is 5.69 Å². The molecule has 0 amide bonds. The molecule has 3 N–H and O–H groups in total. The minimum absolute atomic E-state index is 0.438. The van der Waals surface area contributed by atoms with E-state index in [2.05, 4.69) is 17.2 Å². The highest BCUT2D eigenvalue weighted by Gasteiger charge is 2.19. The molecule has 1 unspecified atom stereocenters. The second-order valence-corrected chi connectivity index (χ2v) is 3.85. The largest absolute Gasteiger partial charge is 0.375 e. The molecule has 11 heavy (non-hydrogen) atoms. The third kappa shape index (κ3) is 1.12. The normalized spacial score (nSPS) is 23.2. The van der Waals surface area contributed by atoms with Crippen molar-refractivity contribution in [3.63, 3.8) is 0 Å². The summed E-state index contributed by atoms with van der Waals surface area (Å²) in [5, 5.41) is 4.07. The number of nitrogen functional groups attached to an aromatic ring is 1. The molecule has 1 aromatic heterocycles. The highest BCUT2D eigenvalue weighted by molar-refractivity contribution is 7.15. The molecule has 2 heterocycles. The van der Waals surface area contributed by atoms with E-state index in [1.807, 2.05) is 0 Å². The first-order chi connectivity index (χ1) is 5.27. The number of hydrogen-bond acceptors (Lipinski definition) is 4.